The molecular weight excluding hydrogens is 248 g/mol. The Kier molecular flexibility index (Phi) is 3.79. The summed E-state index contributed by atoms with van der Waals surface area (Å²) in [5.41, 5.74) is 8.27. The van der Waals surface area contributed by atoms with Gasteiger partial charge in [-0.05, 0) is 49.3 Å². The minimum Gasteiger partial charge on any atom is -0.330 e. The Hall–Kier alpha value is -1.35. The van der Waals surface area contributed by atoms with E-state index < -0.39 is 0 Å². The van der Waals surface area contributed by atoms with Crippen molar-refractivity contribution in [1.82, 2.24) is 0 Å². The third-order valence-corrected chi connectivity index (χ3v) is 4.89. The number of rotatable bonds is 2. The van der Waals surface area contributed by atoms with Crippen LogP contribution >= 0.6 is 0 Å². The summed E-state index contributed by atoms with van der Waals surface area (Å²) in [4.78, 5) is 15.0. The monoisotopic (exact) mass is 272 g/mol. The highest BCUT2D eigenvalue weighted by Gasteiger charge is 2.37. The number of fused-ring (bicyclic) bond motifs is 1. The van der Waals surface area contributed by atoms with E-state index in [1.807, 2.05) is 11.0 Å². The van der Waals surface area contributed by atoms with Gasteiger partial charge in [0.2, 0.25) is 5.91 Å². The molecule has 1 fully saturated rings. The Bertz CT molecular complexity index is 500. The van der Waals surface area contributed by atoms with Gasteiger partial charge in [-0.25, -0.2) is 0 Å². The first-order chi connectivity index (χ1) is 9.70. The summed E-state index contributed by atoms with van der Waals surface area (Å²) < 4.78 is 0. The Morgan fingerprint density at radius 3 is 2.95 bits per heavy atom. The number of carbonyl (C=O) groups excluding carboxylic acids is 1. The third-order valence-electron chi connectivity index (χ3n) is 4.89. The Labute approximate surface area is 121 Å². The summed E-state index contributed by atoms with van der Waals surface area (Å²) in [5.74, 6) is 1.36. The van der Waals surface area contributed by atoms with Crippen LogP contribution in [0, 0.1) is 17.8 Å². The Balaban J connectivity index is 1.88. The lowest BCUT2D eigenvalue weighted by Crippen LogP contribution is -2.44. The van der Waals surface area contributed by atoms with Crippen LogP contribution in [0.15, 0.2) is 24.3 Å². The lowest BCUT2D eigenvalue weighted by molar-refractivity contribution is -0.123. The number of amides is 1. The highest BCUT2D eigenvalue weighted by molar-refractivity contribution is 5.96. The van der Waals surface area contributed by atoms with Gasteiger partial charge in [-0.1, -0.05) is 31.5 Å². The molecule has 1 unspecified atom stereocenters. The molecule has 0 aromatic heterocycles. The van der Waals surface area contributed by atoms with Crippen LogP contribution in [0.25, 0.3) is 0 Å². The van der Waals surface area contributed by atoms with Crippen molar-refractivity contribution in [3.05, 3.63) is 29.8 Å². The van der Waals surface area contributed by atoms with E-state index in [2.05, 4.69) is 25.1 Å². The van der Waals surface area contributed by atoms with Crippen molar-refractivity contribution < 1.29 is 4.79 Å². The molecule has 0 bridgehead atoms. The van der Waals surface area contributed by atoms with Crippen molar-refractivity contribution in [1.29, 1.82) is 0 Å². The molecule has 3 rings (SSSR count). The van der Waals surface area contributed by atoms with E-state index in [-0.39, 0.29) is 5.92 Å². The molecule has 108 valence electrons. The fraction of sp³-hybridized carbons (Fsp3) is 0.588. The molecule has 1 heterocycles. The van der Waals surface area contributed by atoms with Gasteiger partial charge in [-0.15, -0.1) is 0 Å². The van der Waals surface area contributed by atoms with Gasteiger partial charge in [0, 0.05) is 18.2 Å². The molecule has 0 radical (unpaired) electrons. The average molecular weight is 272 g/mol. The average Bonchev–Trinajstić information content (AvgIpc) is 2.94. The van der Waals surface area contributed by atoms with Crippen molar-refractivity contribution in [2.24, 2.45) is 23.5 Å². The molecule has 0 spiro atoms. The lowest BCUT2D eigenvalue weighted by Gasteiger charge is -2.35. The van der Waals surface area contributed by atoms with Crippen molar-refractivity contribution in [2.45, 2.75) is 32.6 Å². The minimum absolute atomic E-state index is 0.137. The van der Waals surface area contributed by atoms with Gasteiger partial charge < -0.3 is 10.6 Å². The summed E-state index contributed by atoms with van der Waals surface area (Å²) in [6, 6.07) is 8.34. The first kappa shape index (κ1) is 13.6. The fourth-order valence-corrected chi connectivity index (χ4v) is 3.85. The number of anilines is 1. The van der Waals surface area contributed by atoms with Crippen molar-refractivity contribution in [3.8, 4) is 0 Å². The second kappa shape index (κ2) is 5.57. The first-order valence-electron chi connectivity index (χ1n) is 7.80. The molecular formula is C17H24N2O. The number of nitrogens with zero attached hydrogens (tertiary/aromatic N) is 1. The van der Waals surface area contributed by atoms with Crippen LogP contribution in [0.1, 0.15) is 31.7 Å². The van der Waals surface area contributed by atoms with Crippen molar-refractivity contribution >= 4 is 11.6 Å². The maximum atomic E-state index is 12.9. The second-order valence-electron chi connectivity index (χ2n) is 6.42. The molecule has 2 N–H and O–H groups in total. The normalized spacial score (nSPS) is 29.3. The highest BCUT2D eigenvalue weighted by Crippen LogP contribution is 2.36. The molecule has 0 saturated heterocycles. The summed E-state index contributed by atoms with van der Waals surface area (Å²) in [7, 11) is 0. The van der Waals surface area contributed by atoms with E-state index in [1.54, 1.807) is 0 Å². The van der Waals surface area contributed by atoms with Crippen LogP contribution < -0.4 is 10.6 Å². The molecule has 3 atom stereocenters. The zero-order chi connectivity index (χ0) is 14.1. The van der Waals surface area contributed by atoms with Gasteiger partial charge in [0.05, 0.1) is 0 Å². The molecule has 1 saturated carbocycles. The first-order valence-corrected chi connectivity index (χ1v) is 7.80. The summed E-state index contributed by atoms with van der Waals surface area (Å²) in [6.45, 7) is 3.72. The summed E-state index contributed by atoms with van der Waals surface area (Å²) in [5, 5.41) is 0. The third kappa shape index (κ3) is 2.35. The quantitative estimate of drug-likeness (QED) is 0.899. The van der Waals surface area contributed by atoms with Crippen molar-refractivity contribution in [3.63, 3.8) is 0 Å². The van der Waals surface area contributed by atoms with Gasteiger partial charge in [0.1, 0.15) is 0 Å². The zero-order valence-corrected chi connectivity index (χ0v) is 12.2. The van der Waals surface area contributed by atoms with Crippen molar-refractivity contribution in [2.75, 3.05) is 18.0 Å². The molecule has 20 heavy (non-hydrogen) atoms. The van der Waals surface area contributed by atoms with Gasteiger partial charge in [0.15, 0.2) is 0 Å². The van der Waals surface area contributed by atoms with Gasteiger partial charge in [0.25, 0.3) is 0 Å². The van der Waals surface area contributed by atoms with Gasteiger partial charge in [-0.3, -0.25) is 4.79 Å². The Morgan fingerprint density at radius 2 is 2.15 bits per heavy atom. The minimum atomic E-state index is 0.137. The molecule has 3 heteroatoms. The maximum absolute atomic E-state index is 12.9. The standard InChI is InChI=1S/C17H24N2O/c1-12-9-13-5-2-3-8-16(13)19(11-12)17(20)15-7-4-6-14(15)10-18/h2-3,5,8,12,14-15H,4,6-7,9-11,18H2,1H3/t12?,14-,15-/m1/s1. The van der Waals surface area contributed by atoms with E-state index in [1.165, 1.54) is 5.56 Å². The molecule has 1 aliphatic heterocycles. The number of hydrogen-bond acceptors (Lipinski definition) is 2. The zero-order valence-electron chi connectivity index (χ0n) is 12.2. The molecule has 1 aromatic carbocycles. The van der Waals surface area contributed by atoms with Crippen LogP contribution in [0.5, 0.6) is 0 Å². The number of nitrogens with two attached hydrogens (primary N) is 1. The molecule has 2 aliphatic rings. The number of hydrogen-bond donors (Lipinski definition) is 1. The molecule has 1 amide bonds. The number of benzene rings is 1. The number of carbonyl (C=O) groups is 1. The van der Waals surface area contributed by atoms with Crippen LogP contribution in [-0.2, 0) is 11.2 Å². The van der Waals surface area contributed by atoms with Gasteiger partial charge >= 0.3 is 0 Å². The molecule has 1 aromatic rings. The predicted octanol–water partition coefficient (Wildman–Crippen LogP) is 2.59. The largest absolute Gasteiger partial charge is 0.330 e. The van der Waals surface area contributed by atoms with Crippen LogP contribution in [0.4, 0.5) is 5.69 Å². The fourth-order valence-electron chi connectivity index (χ4n) is 3.85. The predicted molar refractivity (Wildman–Crippen MR) is 81.5 cm³/mol. The summed E-state index contributed by atoms with van der Waals surface area (Å²) >= 11 is 0. The van der Waals surface area contributed by atoms with E-state index in [0.717, 1.165) is 37.9 Å². The van der Waals surface area contributed by atoms with Crippen LogP contribution in [0.3, 0.4) is 0 Å². The van der Waals surface area contributed by atoms with Crippen LogP contribution in [0.2, 0.25) is 0 Å². The van der Waals surface area contributed by atoms with E-state index in [0.29, 0.717) is 24.3 Å². The topological polar surface area (TPSA) is 46.3 Å². The summed E-state index contributed by atoms with van der Waals surface area (Å²) in [6.07, 6.45) is 4.33. The Morgan fingerprint density at radius 1 is 1.35 bits per heavy atom. The number of para-hydroxylation sites is 1. The van der Waals surface area contributed by atoms with E-state index in [4.69, 9.17) is 5.73 Å². The highest BCUT2D eigenvalue weighted by atomic mass is 16.2. The smallest absolute Gasteiger partial charge is 0.230 e. The molecule has 3 nitrogen and oxygen atoms in total. The second-order valence-corrected chi connectivity index (χ2v) is 6.42. The van der Waals surface area contributed by atoms with E-state index >= 15 is 0 Å². The van der Waals surface area contributed by atoms with Crippen LogP contribution in [-0.4, -0.2) is 19.0 Å². The molecule has 1 aliphatic carbocycles. The van der Waals surface area contributed by atoms with E-state index in [9.17, 15) is 4.79 Å². The SMILES string of the molecule is CC1Cc2ccccc2N(C(=O)[C@@H]2CCC[C@@H]2CN)C1. The van der Waals surface area contributed by atoms with Gasteiger partial charge in [-0.2, -0.15) is 0 Å². The lowest BCUT2D eigenvalue weighted by atomic mass is 9.90. The maximum Gasteiger partial charge on any atom is 0.230 e.